The SMILES string of the molecule is CC1COC(CO)CN1C(=O)C1(N)CC1. The number of morpholine rings is 1. The minimum absolute atomic E-state index is 0.0109. The first-order valence-corrected chi connectivity index (χ1v) is 5.39. The van der Waals surface area contributed by atoms with Gasteiger partial charge in [-0.25, -0.2) is 0 Å². The van der Waals surface area contributed by atoms with Crippen molar-refractivity contribution in [3.63, 3.8) is 0 Å². The van der Waals surface area contributed by atoms with Crippen LogP contribution in [0.2, 0.25) is 0 Å². The predicted molar refractivity (Wildman–Crippen MR) is 54.2 cm³/mol. The second-order valence-electron chi connectivity index (χ2n) is 4.60. The molecule has 1 aliphatic carbocycles. The normalized spacial score (nSPS) is 33.9. The quantitative estimate of drug-likeness (QED) is 0.623. The lowest BCUT2D eigenvalue weighted by Gasteiger charge is -2.38. The Balaban J connectivity index is 2.02. The number of nitrogens with zero attached hydrogens (tertiary/aromatic N) is 1. The van der Waals surface area contributed by atoms with E-state index in [-0.39, 0.29) is 24.7 Å². The van der Waals surface area contributed by atoms with Gasteiger partial charge in [-0.05, 0) is 19.8 Å². The molecule has 0 bridgehead atoms. The van der Waals surface area contributed by atoms with Crippen molar-refractivity contribution >= 4 is 5.91 Å². The standard InChI is InChI=1S/C10H18N2O3/c1-7-6-15-8(5-13)4-12(7)9(14)10(11)2-3-10/h7-8,13H,2-6,11H2,1H3. The lowest BCUT2D eigenvalue weighted by atomic mass is 10.1. The fraction of sp³-hybridized carbons (Fsp3) is 0.900. The highest BCUT2D eigenvalue weighted by atomic mass is 16.5. The summed E-state index contributed by atoms with van der Waals surface area (Å²) in [5, 5.41) is 9.00. The number of nitrogens with two attached hydrogens (primary N) is 1. The third-order valence-electron chi connectivity index (χ3n) is 3.18. The molecule has 0 aromatic carbocycles. The molecule has 1 saturated heterocycles. The molecule has 5 nitrogen and oxygen atoms in total. The zero-order chi connectivity index (χ0) is 11.1. The number of hydrogen-bond donors (Lipinski definition) is 2. The van der Waals surface area contributed by atoms with Crippen LogP contribution in [0.3, 0.4) is 0 Å². The van der Waals surface area contributed by atoms with E-state index in [9.17, 15) is 4.79 Å². The monoisotopic (exact) mass is 214 g/mol. The number of carbonyl (C=O) groups excluding carboxylic acids is 1. The Bertz CT molecular complexity index is 265. The molecule has 0 spiro atoms. The van der Waals surface area contributed by atoms with Gasteiger partial charge in [0.25, 0.3) is 0 Å². The topological polar surface area (TPSA) is 75.8 Å². The maximum Gasteiger partial charge on any atom is 0.243 e. The van der Waals surface area contributed by atoms with Crippen LogP contribution in [0.15, 0.2) is 0 Å². The van der Waals surface area contributed by atoms with Crippen LogP contribution in [-0.4, -0.2) is 53.4 Å². The van der Waals surface area contributed by atoms with E-state index in [4.69, 9.17) is 15.6 Å². The zero-order valence-electron chi connectivity index (χ0n) is 8.98. The van der Waals surface area contributed by atoms with Gasteiger partial charge in [0.05, 0.1) is 30.9 Å². The van der Waals surface area contributed by atoms with Gasteiger partial charge in [-0.1, -0.05) is 0 Å². The van der Waals surface area contributed by atoms with Gasteiger partial charge in [0.2, 0.25) is 5.91 Å². The van der Waals surface area contributed by atoms with Crippen molar-refractivity contribution in [2.45, 2.75) is 37.5 Å². The highest BCUT2D eigenvalue weighted by molar-refractivity contribution is 5.89. The fourth-order valence-electron chi connectivity index (χ4n) is 1.85. The van der Waals surface area contributed by atoms with Crippen molar-refractivity contribution in [1.29, 1.82) is 0 Å². The first-order chi connectivity index (χ1) is 7.07. The average molecular weight is 214 g/mol. The number of aliphatic hydroxyl groups excluding tert-OH is 1. The van der Waals surface area contributed by atoms with Crippen LogP contribution in [0.1, 0.15) is 19.8 Å². The van der Waals surface area contributed by atoms with Gasteiger partial charge in [-0.15, -0.1) is 0 Å². The lowest BCUT2D eigenvalue weighted by molar-refractivity contribution is -0.148. The summed E-state index contributed by atoms with van der Waals surface area (Å²) in [5.41, 5.74) is 5.26. The number of ether oxygens (including phenoxy) is 1. The van der Waals surface area contributed by atoms with Crippen LogP contribution in [0, 0.1) is 0 Å². The molecule has 3 N–H and O–H groups in total. The van der Waals surface area contributed by atoms with Gasteiger partial charge in [0.15, 0.2) is 0 Å². The second-order valence-corrected chi connectivity index (χ2v) is 4.60. The molecule has 15 heavy (non-hydrogen) atoms. The van der Waals surface area contributed by atoms with Crippen molar-refractivity contribution in [2.24, 2.45) is 5.73 Å². The van der Waals surface area contributed by atoms with Gasteiger partial charge >= 0.3 is 0 Å². The third-order valence-corrected chi connectivity index (χ3v) is 3.18. The molecular formula is C10H18N2O3. The smallest absolute Gasteiger partial charge is 0.243 e. The molecule has 1 aliphatic heterocycles. The van der Waals surface area contributed by atoms with E-state index >= 15 is 0 Å². The summed E-state index contributed by atoms with van der Waals surface area (Å²) in [7, 11) is 0. The van der Waals surface area contributed by atoms with E-state index in [1.807, 2.05) is 6.92 Å². The number of aliphatic hydroxyl groups is 1. The maximum absolute atomic E-state index is 12.0. The van der Waals surface area contributed by atoms with E-state index in [1.54, 1.807) is 4.90 Å². The molecule has 1 saturated carbocycles. The van der Waals surface area contributed by atoms with Gasteiger partial charge in [0, 0.05) is 6.54 Å². The molecule has 0 radical (unpaired) electrons. The molecule has 2 atom stereocenters. The Hall–Kier alpha value is -0.650. The Labute approximate surface area is 89.2 Å². The largest absolute Gasteiger partial charge is 0.394 e. The third kappa shape index (κ3) is 2.00. The Morgan fingerprint density at radius 2 is 2.33 bits per heavy atom. The molecule has 1 amide bonds. The average Bonchev–Trinajstić information content (AvgIpc) is 2.98. The summed E-state index contributed by atoms with van der Waals surface area (Å²) in [6.45, 7) is 2.83. The van der Waals surface area contributed by atoms with Crippen LogP contribution < -0.4 is 5.73 Å². The number of hydrogen-bond acceptors (Lipinski definition) is 4. The van der Waals surface area contributed by atoms with Crippen molar-refractivity contribution in [1.82, 2.24) is 4.90 Å². The van der Waals surface area contributed by atoms with Gasteiger partial charge in [-0.2, -0.15) is 0 Å². The second kappa shape index (κ2) is 3.73. The summed E-state index contributed by atoms with van der Waals surface area (Å²) in [5.74, 6) is 0.0109. The van der Waals surface area contributed by atoms with Crippen molar-refractivity contribution in [2.75, 3.05) is 19.8 Å². The number of amides is 1. The molecule has 0 aromatic heterocycles. The van der Waals surface area contributed by atoms with E-state index in [1.165, 1.54) is 0 Å². The van der Waals surface area contributed by atoms with Gasteiger partial charge in [-0.3, -0.25) is 4.79 Å². The van der Waals surface area contributed by atoms with Crippen LogP contribution in [0.25, 0.3) is 0 Å². The van der Waals surface area contributed by atoms with Crippen molar-refractivity contribution in [3.05, 3.63) is 0 Å². The minimum atomic E-state index is -0.619. The molecule has 2 rings (SSSR count). The van der Waals surface area contributed by atoms with Gasteiger partial charge < -0.3 is 20.5 Å². The van der Waals surface area contributed by atoms with Crippen molar-refractivity contribution in [3.8, 4) is 0 Å². The highest BCUT2D eigenvalue weighted by Gasteiger charge is 2.49. The van der Waals surface area contributed by atoms with E-state index in [0.29, 0.717) is 13.2 Å². The van der Waals surface area contributed by atoms with Crippen LogP contribution in [0.4, 0.5) is 0 Å². The maximum atomic E-state index is 12.0. The summed E-state index contributed by atoms with van der Waals surface area (Å²) in [6, 6.07) is 0.0568. The first-order valence-electron chi connectivity index (χ1n) is 5.39. The molecule has 2 aliphatic rings. The van der Waals surface area contributed by atoms with Crippen LogP contribution in [-0.2, 0) is 9.53 Å². The van der Waals surface area contributed by atoms with Crippen LogP contribution in [0.5, 0.6) is 0 Å². The number of carbonyl (C=O) groups is 1. The molecule has 0 aromatic rings. The fourth-order valence-corrected chi connectivity index (χ4v) is 1.85. The molecule has 1 heterocycles. The molecular weight excluding hydrogens is 196 g/mol. The number of rotatable bonds is 2. The summed E-state index contributed by atoms with van der Waals surface area (Å²) in [4.78, 5) is 13.8. The highest BCUT2D eigenvalue weighted by Crippen LogP contribution is 2.35. The predicted octanol–water partition coefficient (Wildman–Crippen LogP) is -0.914. The van der Waals surface area contributed by atoms with E-state index in [0.717, 1.165) is 12.8 Å². The first kappa shape index (κ1) is 10.9. The zero-order valence-corrected chi connectivity index (χ0v) is 8.98. The summed E-state index contributed by atoms with van der Waals surface area (Å²) in [6.07, 6.45) is 1.30. The van der Waals surface area contributed by atoms with Gasteiger partial charge in [0.1, 0.15) is 0 Å². The minimum Gasteiger partial charge on any atom is -0.394 e. The van der Waals surface area contributed by atoms with Crippen LogP contribution >= 0.6 is 0 Å². The Kier molecular flexibility index (Phi) is 2.70. The Morgan fingerprint density at radius 1 is 1.67 bits per heavy atom. The Morgan fingerprint density at radius 3 is 2.87 bits per heavy atom. The summed E-state index contributed by atoms with van der Waals surface area (Å²) >= 11 is 0. The molecule has 2 unspecified atom stereocenters. The molecule has 2 fully saturated rings. The lowest BCUT2D eigenvalue weighted by Crippen LogP contribution is -2.57. The van der Waals surface area contributed by atoms with Crippen molar-refractivity contribution < 1.29 is 14.6 Å². The van der Waals surface area contributed by atoms with E-state index in [2.05, 4.69) is 0 Å². The molecule has 5 heteroatoms. The van der Waals surface area contributed by atoms with E-state index < -0.39 is 5.54 Å². The molecule has 86 valence electrons. The summed E-state index contributed by atoms with van der Waals surface area (Å²) < 4.78 is 5.37.